The van der Waals surface area contributed by atoms with Crippen LogP contribution in [0.5, 0.6) is 0 Å². The second-order valence-electron chi connectivity index (χ2n) is 5.44. The second kappa shape index (κ2) is 8.71. The summed E-state index contributed by atoms with van der Waals surface area (Å²) in [5.41, 5.74) is 1.43. The molecule has 0 spiro atoms. The molecule has 0 bridgehead atoms. The Labute approximate surface area is 120 Å². The van der Waals surface area contributed by atoms with Gasteiger partial charge >= 0.3 is 0 Å². The molecule has 0 radical (unpaired) electrons. The van der Waals surface area contributed by atoms with Gasteiger partial charge in [0.2, 0.25) is 0 Å². The van der Waals surface area contributed by atoms with E-state index in [0.29, 0.717) is 0 Å². The van der Waals surface area contributed by atoms with Crippen molar-refractivity contribution in [2.45, 2.75) is 40.0 Å². The molecule has 0 aliphatic carbocycles. The van der Waals surface area contributed by atoms with Crippen LogP contribution in [0.3, 0.4) is 0 Å². The molecule has 1 aromatic carbocycles. The van der Waals surface area contributed by atoms with E-state index in [1.807, 2.05) is 0 Å². The number of benzene rings is 1. The van der Waals surface area contributed by atoms with E-state index in [4.69, 9.17) is 0 Å². The molecule has 0 saturated carbocycles. The van der Waals surface area contributed by atoms with Gasteiger partial charge in [0.25, 0.3) is 0 Å². The quantitative estimate of drug-likeness (QED) is 0.736. The van der Waals surface area contributed by atoms with Crippen molar-refractivity contribution in [1.82, 2.24) is 5.32 Å². The zero-order valence-corrected chi connectivity index (χ0v) is 13.5. The highest BCUT2D eigenvalue weighted by atomic mass is 79.9. The van der Waals surface area contributed by atoms with E-state index in [9.17, 15) is 0 Å². The highest BCUT2D eigenvalue weighted by Crippen LogP contribution is 2.22. The molecule has 0 aromatic heterocycles. The van der Waals surface area contributed by atoms with Crippen LogP contribution in [-0.4, -0.2) is 13.1 Å². The Morgan fingerprint density at radius 3 is 2.50 bits per heavy atom. The molecule has 18 heavy (non-hydrogen) atoms. The van der Waals surface area contributed by atoms with E-state index in [1.165, 1.54) is 29.3 Å². The van der Waals surface area contributed by atoms with Gasteiger partial charge in [-0.15, -0.1) is 0 Å². The van der Waals surface area contributed by atoms with Crippen molar-refractivity contribution in [3.05, 3.63) is 34.3 Å². The first kappa shape index (κ1) is 15.7. The van der Waals surface area contributed by atoms with Crippen molar-refractivity contribution >= 4 is 15.9 Å². The van der Waals surface area contributed by atoms with Crippen molar-refractivity contribution in [3.8, 4) is 0 Å². The van der Waals surface area contributed by atoms with Crippen LogP contribution >= 0.6 is 15.9 Å². The first-order valence-electron chi connectivity index (χ1n) is 7.07. The van der Waals surface area contributed by atoms with Crippen molar-refractivity contribution < 1.29 is 0 Å². The third-order valence-electron chi connectivity index (χ3n) is 3.30. The molecule has 102 valence electrons. The second-order valence-corrected chi connectivity index (χ2v) is 6.29. The fourth-order valence-electron chi connectivity index (χ4n) is 2.17. The average Bonchev–Trinajstić information content (AvgIpc) is 2.35. The molecular formula is C16H26BrN. The van der Waals surface area contributed by atoms with Crippen LogP contribution in [0.4, 0.5) is 0 Å². The molecule has 2 heteroatoms. The Balaban J connectivity index is 2.56. The molecule has 0 heterocycles. The van der Waals surface area contributed by atoms with Gasteiger partial charge in [0.15, 0.2) is 0 Å². The molecule has 1 aromatic rings. The summed E-state index contributed by atoms with van der Waals surface area (Å²) in [4.78, 5) is 0. The molecule has 1 rings (SSSR count). The standard InChI is InChI=1S/C16H26BrN/c1-4-18-12-14(10-9-13(2)3)11-15-7-5-6-8-16(15)17/h5-8,13-14,18H,4,9-12H2,1-3H3. The first-order valence-corrected chi connectivity index (χ1v) is 7.86. The smallest absolute Gasteiger partial charge is 0.0207 e. The van der Waals surface area contributed by atoms with Crippen molar-refractivity contribution in [2.24, 2.45) is 11.8 Å². The fraction of sp³-hybridized carbons (Fsp3) is 0.625. The van der Waals surface area contributed by atoms with Gasteiger partial charge in [-0.2, -0.15) is 0 Å². The van der Waals surface area contributed by atoms with Crippen LogP contribution in [0.15, 0.2) is 28.7 Å². The minimum Gasteiger partial charge on any atom is -0.317 e. The van der Waals surface area contributed by atoms with Crippen molar-refractivity contribution in [1.29, 1.82) is 0 Å². The van der Waals surface area contributed by atoms with Gasteiger partial charge in [-0.3, -0.25) is 0 Å². The molecule has 1 nitrogen and oxygen atoms in total. The zero-order valence-electron chi connectivity index (χ0n) is 11.9. The lowest BCUT2D eigenvalue weighted by Crippen LogP contribution is -2.24. The van der Waals surface area contributed by atoms with Gasteiger partial charge in [0.1, 0.15) is 0 Å². The number of halogens is 1. The molecule has 0 aliphatic rings. The Bertz CT molecular complexity index is 336. The molecule has 0 amide bonds. The minimum atomic E-state index is 0.742. The van der Waals surface area contributed by atoms with E-state index in [0.717, 1.165) is 24.9 Å². The molecule has 0 fully saturated rings. The van der Waals surface area contributed by atoms with Crippen LogP contribution < -0.4 is 5.32 Å². The maximum absolute atomic E-state index is 3.65. The minimum absolute atomic E-state index is 0.742. The predicted molar refractivity (Wildman–Crippen MR) is 84.0 cm³/mol. The van der Waals surface area contributed by atoms with Gasteiger partial charge in [0.05, 0.1) is 0 Å². The summed E-state index contributed by atoms with van der Waals surface area (Å²) in [7, 11) is 0. The maximum Gasteiger partial charge on any atom is 0.0207 e. The summed E-state index contributed by atoms with van der Waals surface area (Å²) in [5.74, 6) is 1.54. The lowest BCUT2D eigenvalue weighted by Gasteiger charge is -2.19. The Morgan fingerprint density at radius 1 is 1.17 bits per heavy atom. The van der Waals surface area contributed by atoms with Crippen LogP contribution in [0.1, 0.15) is 39.2 Å². The van der Waals surface area contributed by atoms with E-state index < -0.39 is 0 Å². The highest BCUT2D eigenvalue weighted by molar-refractivity contribution is 9.10. The van der Waals surface area contributed by atoms with Gasteiger partial charge in [-0.25, -0.2) is 0 Å². The van der Waals surface area contributed by atoms with Gasteiger partial charge in [-0.05, 0) is 49.4 Å². The van der Waals surface area contributed by atoms with Crippen LogP contribution in [0.25, 0.3) is 0 Å². The number of nitrogens with one attached hydrogen (secondary N) is 1. The van der Waals surface area contributed by atoms with Crippen molar-refractivity contribution in [3.63, 3.8) is 0 Å². The van der Waals surface area contributed by atoms with Gasteiger partial charge in [-0.1, -0.05) is 61.3 Å². The molecule has 0 aliphatic heterocycles. The average molecular weight is 312 g/mol. The maximum atomic E-state index is 3.65. The summed E-state index contributed by atoms with van der Waals surface area (Å²) in [5, 5.41) is 3.50. The normalized spacial score (nSPS) is 12.9. The Kier molecular flexibility index (Phi) is 7.60. The summed E-state index contributed by atoms with van der Waals surface area (Å²) in [6.07, 6.45) is 3.80. The zero-order chi connectivity index (χ0) is 13.4. The van der Waals surface area contributed by atoms with E-state index >= 15 is 0 Å². The summed E-state index contributed by atoms with van der Waals surface area (Å²) in [6, 6.07) is 8.59. The van der Waals surface area contributed by atoms with E-state index in [-0.39, 0.29) is 0 Å². The van der Waals surface area contributed by atoms with Crippen LogP contribution in [-0.2, 0) is 6.42 Å². The van der Waals surface area contributed by atoms with E-state index in [2.05, 4.69) is 66.3 Å². The summed E-state index contributed by atoms with van der Waals surface area (Å²) >= 11 is 3.65. The summed E-state index contributed by atoms with van der Waals surface area (Å²) in [6.45, 7) is 8.99. The number of rotatable bonds is 8. The summed E-state index contributed by atoms with van der Waals surface area (Å²) < 4.78 is 1.25. The molecule has 1 atom stereocenters. The number of hydrogen-bond donors (Lipinski definition) is 1. The van der Waals surface area contributed by atoms with E-state index in [1.54, 1.807) is 0 Å². The molecular weight excluding hydrogens is 286 g/mol. The SMILES string of the molecule is CCNCC(CCC(C)C)Cc1ccccc1Br. The Hall–Kier alpha value is -0.340. The van der Waals surface area contributed by atoms with Crippen LogP contribution in [0.2, 0.25) is 0 Å². The first-order chi connectivity index (χ1) is 8.63. The highest BCUT2D eigenvalue weighted by Gasteiger charge is 2.11. The Morgan fingerprint density at radius 2 is 1.89 bits per heavy atom. The van der Waals surface area contributed by atoms with Crippen molar-refractivity contribution in [2.75, 3.05) is 13.1 Å². The largest absolute Gasteiger partial charge is 0.317 e. The molecule has 0 saturated heterocycles. The lowest BCUT2D eigenvalue weighted by atomic mass is 9.92. The number of hydrogen-bond acceptors (Lipinski definition) is 1. The molecule has 1 N–H and O–H groups in total. The fourth-order valence-corrected chi connectivity index (χ4v) is 2.62. The third-order valence-corrected chi connectivity index (χ3v) is 4.08. The predicted octanol–water partition coefficient (Wildman–Crippen LogP) is 4.65. The lowest BCUT2D eigenvalue weighted by molar-refractivity contribution is 0.401. The van der Waals surface area contributed by atoms with Gasteiger partial charge in [0, 0.05) is 4.47 Å². The third kappa shape index (κ3) is 6.01. The topological polar surface area (TPSA) is 12.0 Å². The molecule has 1 unspecified atom stereocenters. The monoisotopic (exact) mass is 311 g/mol. The van der Waals surface area contributed by atoms with Gasteiger partial charge < -0.3 is 5.32 Å². The van der Waals surface area contributed by atoms with Crippen LogP contribution in [0, 0.1) is 11.8 Å².